The zero-order valence-electron chi connectivity index (χ0n) is 15.7. The van der Waals surface area contributed by atoms with Crippen LogP contribution in [0, 0.1) is 0 Å². The minimum absolute atomic E-state index is 0. The molecule has 0 spiro atoms. The Labute approximate surface area is 178 Å². The van der Waals surface area contributed by atoms with Gasteiger partial charge in [0.2, 0.25) is 0 Å². The van der Waals surface area contributed by atoms with Crippen molar-refractivity contribution in [3.63, 3.8) is 0 Å². The summed E-state index contributed by atoms with van der Waals surface area (Å²) < 4.78 is 5.72. The normalized spacial score (nSPS) is 11.1. The molecule has 0 atom stereocenters. The number of benzene rings is 1. The number of aliphatic imine (C=N–C) groups is 1. The molecule has 0 saturated heterocycles. The molecule has 2 rings (SSSR count). The van der Waals surface area contributed by atoms with Crippen molar-refractivity contribution in [2.75, 3.05) is 40.4 Å². The minimum atomic E-state index is 0. The molecule has 0 aliphatic rings. The van der Waals surface area contributed by atoms with Crippen molar-refractivity contribution in [2.45, 2.75) is 19.3 Å². The van der Waals surface area contributed by atoms with E-state index in [0.717, 1.165) is 51.5 Å². The van der Waals surface area contributed by atoms with Crippen LogP contribution in [0.15, 0.2) is 52.8 Å². The molecule has 2 aromatic rings. The average Bonchev–Trinajstić information content (AvgIpc) is 3.16. The van der Waals surface area contributed by atoms with Gasteiger partial charge in [-0.2, -0.15) is 0 Å². The number of nitrogens with one attached hydrogen (secondary N) is 1. The molecule has 26 heavy (non-hydrogen) atoms. The van der Waals surface area contributed by atoms with Crippen molar-refractivity contribution >= 4 is 41.3 Å². The molecule has 0 radical (unpaired) electrons. The van der Waals surface area contributed by atoms with Gasteiger partial charge in [-0.3, -0.25) is 4.99 Å². The summed E-state index contributed by atoms with van der Waals surface area (Å²) in [6.07, 6.45) is 3.01. The van der Waals surface area contributed by atoms with Gasteiger partial charge in [0, 0.05) is 38.7 Å². The molecule has 0 unspecified atom stereocenters. The van der Waals surface area contributed by atoms with E-state index in [4.69, 9.17) is 4.74 Å². The summed E-state index contributed by atoms with van der Waals surface area (Å²) >= 11 is 1.81. The highest BCUT2D eigenvalue weighted by Crippen LogP contribution is 2.09. The lowest BCUT2D eigenvalue weighted by Gasteiger charge is -2.21. The molecule has 1 aromatic carbocycles. The standard InChI is InChI=1S/C20H29N3OS.HI/c1-21-20(23(2)14-11-19-10-6-17-25-19)22-13-7-15-24-16-12-18-8-4-3-5-9-18;/h3-6,8-10,17H,7,11-16H2,1-2H3,(H,21,22);1H. The second-order valence-corrected chi connectivity index (χ2v) is 6.96. The maximum Gasteiger partial charge on any atom is 0.193 e. The lowest BCUT2D eigenvalue weighted by Crippen LogP contribution is -2.40. The fraction of sp³-hybridized carbons (Fsp3) is 0.450. The molecule has 6 heteroatoms. The predicted molar refractivity (Wildman–Crippen MR) is 123 cm³/mol. The number of likely N-dealkylation sites (N-methyl/N-ethyl adjacent to an activating group) is 1. The Balaban J connectivity index is 0.00000338. The second kappa shape index (κ2) is 14.0. The van der Waals surface area contributed by atoms with Crippen LogP contribution in [0.4, 0.5) is 0 Å². The first-order valence-corrected chi connectivity index (χ1v) is 9.73. The van der Waals surface area contributed by atoms with Crippen LogP contribution in [0.1, 0.15) is 16.9 Å². The maximum absolute atomic E-state index is 5.72. The SMILES string of the molecule is CN=C(NCCCOCCc1ccccc1)N(C)CCc1cccs1.I. The summed E-state index contributed by atoms with van der Waals surface area (Å²) in [7, 11) is 3.92. The van der Waals surface area contributed by atoms with Crippen LogP contribution in [0.5, 0.6) is 0 Å². The van der Waals surface area contributed by atoms with Gasteiger partial charge in [0.25, 0.3) is 0 Å². The summed E-state index contributed by atoms with van der Waals surface area (Å²) in [5.74, 6) is 0.945. The van der Waals surface area contributed by atoms with E-state index in [1.54, 1.807) is 0 Å². The Hall–Kier alpha value is -1.12. The first-order valence-electron chi connectivity index (χ1n) is 8.85. The molecular weight excluding hydrogens is 457 g/mol. The van der Waals surface area contributed by atoms with Crippen molar-refractivity contribution in [1.82, 2.24) is 10.2 Å². The van der Waals surface area contributed by atoms with Crippen LogP contribution >= 0.6 is 35.3 Å². The molecule has 0 bridgehead atoms. The Morgan fingerprint density at radius 3 is 2.62 bits per heavy atom. The monoisotopic (exact) mass is 487 g/mol. The third-order valence-electron chi connectivity index (χ3n) is 3.97. The van der Waals surface area contributed by atoms with Gasteiger partial charge in [0.15, 0.2) is 5.96 Å². The molecule has 144 valence electrons. The highest BCUT2D eigenvalue weighted by atomic mass is 127. The van der Waals surface area contributed by atoms with E-state index in [1.165, 1.54) is 10.4 Å². The predicted octanol–water partition coefficient (Wildman–Crippen LogP) is 4.07. The zero-order chi connectivity index (χ0) is 17.7. The number of hydrogen-bond donors (Lipinski definition) is 1. The largest absolute Gasteiger partial charge is 0.381 e. The number of rotatable bonds is 10. The highest BCUT2D eigenvalue weighted by molar-refractivity contribution is 14.0. The number of thiophene rings is 1. The lowest BCUT2D eigenvalue weighted by molar-refractivity contribution is 0.135. The summed E-state index contributed by atoms with van der Waals surface area (Å²) in [4.78, 5) is 7.94. The quantitative estimate of drug-likeness (QED) is 0.238. The van der Waals surface area contributed by atoms with E-state index in [0.29, 0.717) is 0 Å². The number of guanidine groups is 1. The first kappa shape index (κ1) is 22.9. The van der Waals surface area contributed by atoms with Crippen LogP contribution in [0.25, 0.3) is 0 Å². The van der Waals surface area contributed by atoms with Gasteiger partial charge in [-0.25, -0.2) is 0 Å². The molecule has 1 aromatic heterocycles. The second-order valence-electron chi connectivity index (χ2n) is 5.93. The van der Waals surface area contributed by atoms with Crippen LogP contribution in [0.2, 0.25) is 0 Å². The summed E-state index contributed by atoms with van der Waals surface area (Å²) in [6.45, 7) is 3.39. The van der Waals surface area contributed by atoms with Gasteiger partial charge >= 0.3 is 0 Å². The van der Waals surface area contributed by atoms with Crippen molar-refractivity contribution in [1.29, 1.82) is 0 Å². The number of ether oxygens (including phenoxy) is 1. The van der Waals surface area contributed by atoms with E-state index in [-0.39, 0.29) is 24.0 Å². The maximum atomic E-state index is 5.72. The highest BCUT2D eigenvalue weighted by Gasteiger charge is 2.05. The van der Waals surface area contributed by atoms with E-state index in [9.17, 15) is 0 Å². The fourth-order valence-corrected chi connectivity index (χ4v) is 3.23. The van der Waals surface area contributed by atoms with Gasteiger partial charge in [-0.1, -0.05) is 36.4 Å². The smallest absolute Gasteiger partial charge is 0.193 e. The van der Waals surface area contributed by atoms with Gasteiger partial charge in [0.1, 0.15) is 0 Å². The number of halogens is 1. The van der Waals surface area contributed by atoms with Gasteiger partial charge in [-0.15, -0.1) is 35.3 Å². The minimum Gasteiger partial charge on any atom is -0.381 e. The summed E-state index contributed by atoms with van der Waals surface area (Å²) in [5, 5.41) is 5.53. The molecule has 0 aliphatic carbocycles. The van der Waals surface area contributed by atoms with E-state index in [2.05, 4.69) is 64.0 Å². The lowest BCUT2D eigenvalue weighted by atomic mass is 10.2. The van der Waals surface area contributed by atoms with Crippen molar-refractivity contribution < 1.29 is 4.74 Å². The molecule has 4 nitrogen and oxygen atoms in total. The molecule has 0 fully saturated rings. The molecular formula is C20H30IN3OS. The first-order chi connectivity index (χ1) is 12.3. The topological polar surface area (TPSA) is 36.9 Å². The van der Waals surface area contributed by atoms with Gasteiger partial charge in [0.05, 0.1) is 6.61 Å². The molecule has 0 amide bonds. The third-order valence-corrected chi connectivity index (χ3v) is 4.91. The van der Waals surface area contributed by atoms with Crippen LogP contribution in [0.3, 0.4) is 0 Å². The van der Waals surface area contributed by atoms with Crippen LogP contribution in [-0.2, 0) is 17.6 Å². The number of nitrogens with zero attached hydrogens (tertiary/aromatic N) is 2. The Morgan fingerprint density at radius 1 is 1.12 bits per heavy atom. The Kier molecular flexibility index (Phi) is 12.3. The van der Waals surface area contributed by atoms with Crippen molar-refractivity contribution in [3.8, 4) is 0 Å². The molecule has 1 heterocycles. The fourth-order valence-electron chi connectivity index (χ4n) is 2.53. The van der Waals surface area contributed by atoms with E-state index < -0.39 is 0 Å². The van der Waals surface area contributed by atoms with Crippen molar-refractivity contribution in [3.05, 3.63) is 58.3 Å². The third kappa shape index (κ3) is 9.00. The zero-order valence-corrected chi connectivity index (χ0v) is 18.8. The van der Waals surface area contributed by atoms with Crippen LogP contribution < -0.4 is 5.32 Å². The Morgan fingerprint density at radius 2 is 1.92 bits per heavy atom. The van der Waals surface area contributed by atoms with Gasteiger partial charge in [-0.05, 0) is 36.3 Å². The van der Waals surface area contributed by atoms with Crippen molar-refractivity contribution in [2.24, 2.45) is 4.99 Å². The Bertz CT molecular complexity index is 605. The molecule has 0 aliphatic heterocycles. The molecule has 1 N–H and O–H groups in total. The average molecular weight is 487 g/mol. The summed E-state index contributed by atoms with van der Waals surface area (Å²) in [5.41, 5.74) is 1.33. The van der Waals surface area contributed by atoms with Gasteiger partial charge < -0.3 is 15.0 Å². The van der Waals surface area contributed by atoms with E-state index >= 15 is 0 Å². The summed E-state index contributed by atoms with van der Waals surface area (Å²) in [6, 6.07) is 14.7. The van der Waals surface area contributed by atoms with Crippen LogP contribution in [-0.4, -0.2) is 51.3 Å². The number of hydrogen-bond acceptors (Lipinski definition) is 3. The van der Waals surface area contributed by atoms with E-state index in [1.807, 2.05) is 24.5 Å². The molecule has 0 saturated carbocycles.